The molecule has 3 heteroatoms. The third kappa shape index (κ3) is 3.82. The highest BCUT2D eigenvalue weighted by Gasteiger charge is 1.98. The van der Waals surface area contributed by atoms with Gasteiger partial charge in [0, 0.05) is 12.2 Å². The standard InChI is InChI=1S/C13H19N3/c1-2-3-4-5-8-16-12-7-6-11(10-14)13(15)9-12/h6-7,9,16H,2-5,8,15H2,1H3. The predicted molar refractivity (Wildman–Crippen MR) is 68.2 cm³/mol. The van der Waals surface area contributed by atoms with Gasteiger partial charge in [-0.25, -0.2) is 0 Å². The molecule has 0 heterocycles. The Kier molecular flexibility index (Phi) is 5.21. The van der Waals surface area contributed by atoms with Crippen LogP contribution in [-0.4, -0.2) is 6.54 Å². The van der Waals surface area contributed by atoms with Crippen LogP contribution in [0.25, 0.3) is 0 Å². The Bertz CT molecular complexity index is 366. The number of nitrogen functional groups attached to an aromatic ring is 1. The Morgan fingerprint density at radius 2 is 2.12 bits per heavy atom. The molecular formula is C13H19N3. The van der Waals surface area contributed by atoms with E-state index >= 15 is 0 Å². The Labute approximate surface area is 97.3 Å². The first-order chi connectivity index (χ1) is 7.77. The van der Waals surface area contributed by atoms with Crippen molar-refractivity contribution in [2.75, 3.05) is 17.6 Å². The van der Waals surface area contributed by atoms with E-state index in [0.717, 1.165) is 12.2 Å². The lowest BCUT2D eigenvalue weighted by Crippen LogP contribution is -2.02. The molecule has 0 aliphatic heterocycles. The molecule has 0 amide bonds. The van der Waals surface area contributed by atoms with Crippen molar-refractivity contribution in [2.24, 2.45) is 0 Å². The summed E-state index contributed by atoms with van der Waals surface area (Å²) >= 11 is 0. The number of anilines is 2. The minimum absolute atomic E-state index is 0.538. The average molecular weight is 217 g/mol. The van der Waals surface area contributed by atoms with Gasteiger partial charge in [0.05, 0.1) is 11.3 Å². The number of unbranched alkanes of at least 4 members (excludes halogenated alkanes) is 3. The first-order valence-corrected chi connectivity index (χ1v) is 5.81. The van der Waals surface area contributed by atoms with Crippen LogP contribution in [0.4, 0.5) is 11.4 Å². The monoisotopic (exact) mass is 217 g/mol. The maximum absolute atomic E-state index is 8.73. The maximum atomic E-state index is 8.73. The van der Waals surface area contributed by atoms with Crippen LogP contribution in [0.2, 0.25) is 0 Å². The Balaban J connectivity index is 2.38. The van der Waals surface area contributed by atoms with Crippen molar-refractivity contribution in [3.63, 3.8) is 0 Å². The van der Waals surface area contributed by atoms with Crippen LogP contribution in [0.15, 0.2) is 18.2 Å². The molecule has 0 atom stereocenters. The van der Waals surface area contributed by atoms with Crippen LogP contribution >= 0.6 is 0 Å². The molecule has 16 heavy (non-hydrogen) atoms. The molecule has 3 nitrogen and oxygen atoms in total. The number of benzene rings is 1. The molecule has 3 N–H and O–H groups in total. The van der Waals surface area contributed by atoms with Gasteiger partial charge >= 0.3 is 0 Å². The van der Waals surface area contributed by atoms with Crippen molar-refractivity contribution in [1.29, 1.82) is 5.26 Å². The van der Waals surface area contributed by atoms with Gasteiger partial charge in [0.2, 0.25) is 0 Å². The molecule has 0 aliphatic rings. The third-order valence-electron chi connectivity index (χ3n) is 2.53. The van der Waals surface area contributed by atoms with Crippen LogP contribution in [0.3, 0.4) is 0 Å². The SMILES string of the molecule is CCCCCCNc1ccc(C#N)c(N)c1. The van der Waals surface area contributed by atoms with E-state index in [0.29, 0.717) is 11.3 Å². The van der Waals surface area contributed by atoms with Gasteiger partial charge in [-0.2, -0.15) is 5.26 Å². The van der Waals surface area contributed by atoms with Gasteiger partial charge in [0.1, 0.15) is 6.07 Å². The smallest absolute Gasteiger partial charge is 0.101 e. The largest absolute Gasteiger partial charge is 0.398 e. The Morgan fingerprint density at radius 3 is 2.75 bits per heavy atom. The summed E-state index contributed by atoms with van der Waals surface area (Å²) in [7, 11) is 0. The average Bonchev–Trinajstić information content (AvgIpc) is 2.29. The van der Waals surface area contributed by atoms with Gasteiger partial charge in [0.25, 0.3) is 0 Å². The van der Waals surface area contributed by atoms with E-state index in [2.05, 4.69) is 18.3 Å². The van der Waals surface area contributed by atoms with Gasteiger partial charge in [0.15, 0.2) is 0 Å². The van der Waals surface area contributed by atoms with Crippen LogP contribution < -0.4 is 11.1 Å². The second-order valence-electron chi connectivity index (χ2n) is 3.90. The molecule has 0 aliphatic carbocycles. The second kappa shape index (κ2) is 6.73. The fourth-order valence-electron chi connectivity index (χ4n) is 1.56. The lowest BCUT2D eigenvalue weighted by molar-refractivity contribution is 0.685. The van der Waals surface area contributed by atoms with E-state index in [1.807, 2.05) is 12.1 Å². The van der Waals surface area contributed by atoms with Gasteiger partial charge < -0.3 is 11.1 Å². The minimum atomic E-state index is 0.538. The van der Waals surface area contributed by atoms with E-state index in [1.165, 1.54) is 25.7 Å². The number of rotatable bonds is 6. The van der Waals surface area contributed by atoms with Gasteiger partial charge in [-0.3, -0.25) is 0 Å². The summed E-state index contributed by atoms with van der Waals surface area (Å²) in [4.78, 5) is 0. The first kappa shape index (κ1) is 12.4. The van der Waals surface area contributed by atoms with Crippen LogP contribution in [0.5, 0.6) is 0 Å². The Hall–Kier alpha value is -1.69. The highest BCUT2D eigenvalue weighted by molar-refractivity contribution is 5.62. The van der Waals surface area contributed by atoms with Crippen LogP contribution in [-0.2, 0) is 0 Å². The van der Waals surface area contributed by atoms with Crippen molar-refractivity contribution in [1.82, 2.24) is 0 Å². The molecule has 0 spiro atoms. The molecule has 0 saturated heterocycles. The van der Waals surface area contributed by atoms with Gasteiger partial charge in [-0.05, 0) is 24.6 Å². The van der Waals surface area contributed by atoms with E-state index in [4.69, 9.17) is 11.0 Å². The number of nitriles is 1. The maximum Gasteiger partial charge on any atom is 0.101 e. The number of hydrogen-bond donors (Lipinski definition) is 2. The Morgan fingerprint density at radius 1 is 1.31 bits per heavy atom. The van der Waals surface area contributed by atoms with Crippen LogP contribution in [0.1, 0.15) is 38.2 Å². The van der Waals surface area contributed by atoms with Gasteiger partial charge in [-0.1, -0.05) is 26.2 Å². The highest BCUT2D eigenvalue weighted by Crippen LogP contribution is 2.17. The van der Waals surface area contributed by atoms with Crippen LogP contribution in [0, 0.1) is 11.3 Å². The summed E-state index contributed by atoms with van der Waals surface area (Å²) < 4.78 is 0. The number of nitrogens with one attached hydrogen (secondary N) is 1. The fraction of sp³-hybridized carbons (Fsp3) is 0.462. The van der Waals surface area contributed by atoms with E-state index in [-0.39, 0.29) is 0 Å². The third-order valence-corrected chi connectivity index (χ3v) is 2.53. The summed E-state index contributed by atoms with van der Waals surface area (Å²) in [5.41, 5.74) is 7.80. The molecule has 1 aromatic carbocycles. The number of nitrogens with zero attached hydrogens (tertiary/aromatic N) is 1. The highest BCUT2D eigenvalue weighted by atomic mass is 14.9. The van der Waals surface area contributed by atoms with E-state index in [9.17, 15) is 0 Å². The van der Waals surface area contributed by atoms with Crippen molar-refractivity contribution >= 4 is 11.4 Å². The molecule has 0 saturated carbocycles. The molecule has 86 valence electrons. The first-order valence-electron chi connectivity index (χ1n) is 5.81. The molecular weight excluding hydrogens is 198 g/mol. The number of hydrogen-bond acceptors (Lipinski definition) is 3. The van der Waals surface area contributed by atoms with E-state index in [1.54, 1.807) is 6.07 Å². The second-order valence-corrected chi connectivity index (χ2v) is 3.90. The summed E-state index contributed by atoms with van der Waals surface area (Å²) in [6, 6.07) is 7.52. The van der Waals surface area contributed by atoms with Crippen molar-refractivity contribution in [3.05, 3.63) is 23.8 Å². The summed E-state index contributed by atoms with van der Waals surface area (Å²) in [6.45, 7) is 3.17. The zero-order valence-corrected chi connectivity index (χ0v) is 9.79. The van der Waals surface area contributed by atoms with Crippen molar-refractivity contribution < 1.29 is 0 Å². The number of nitrogens with two attached hydrogens (primary N) is 1. The lowest BCUT2D eigenvalue weighted by Gasteiger charge is -2.07. The fourth-order valence-corrected chi connectivity index (χ4v) is 1.56. The molecule has 0 radical (unpaired) electrons. The lowest BCUT2D eigenvalue weighted by atomic mass is 10.1. The molecule has 1 aromatic rings. The van der Waals surface area contributed by atoms with Crippen molar-refractivity contribution in [3.8, 4) is 6.07 Å². The molecule has 0 fully saturated rings. The summed E-state index contributed by atoms with van der Waals surface area (Å²) in [5, 5.41) is 12.0. The topological polar surface area (TPSA) is 61.8 Å². The van der Waals surface area contributed by atoms with Crippen molar-refractivity contribution in [2.45, 2.75) is 32.6 Å². The quantitative estimate of drug-likeness (QED) is 0.568. The van der Waals surface area contributed by atoms with Gasteiger partial charge in [-0.15, -0.1) is 0 Å². The zero-order chi connectivity index (χ0) is 11.8. The molecule has 0 aromatic heterocycles. The zero-order valence-electron chi connectivity index (χ0n) is 9.79. The van der Waals surface area contributed by atoms with E-state index < -0.39 is 0 Å². The minimum Gasteiger partial charge on any atom is -0.398 e. The molecule has 0 unspecified atom stereocenters. The predicted octanol–water partition coefficient (Wildman–Crippen LogP) is 3.13. The summed E-state index contributed by atoms with van der Waals surface area (Å²) in [6.07, 6.45) is 4.98. The molecule has 0 bridgehead atoms. The molecule has 1 rings (SSSR count). The summed E-state index contributed by atoms with van der Waals surface area (Å²) in [5.74, 6) is 0. The normalized spacial score (nSPS) is 9.75.